The van der Waals surface area contributed by atoms with Gasteiger partial charge in [0.25, 0.3) is 0 Å². The summed E-state index contributed by atoms with van der Waals surface area (Å²) in [6.07, 6.45) is 6.26. The van der Waals surface area contributed by atoms with Gasteiger partial charge in [-0.1, -0.05) is 72.9 Å². The Balaban J connectivity index is -0.000000375. The molecule has 0 aliphatic heterocycles. The summed E-state index contributed by atoms with van der Waals surface area (Å²) in [5.41, 5.74) is 2.37. The molecular formula is C16H37N3. The van der Waals surface area contributed by atoms with Crippen molar-refractivity contribution in [2.45, 2.75) is 87.5 Å². The number of nitrogens with zero attached hydrogens (tertiary/aromatic N) is 3. The van der Waals surface area contributed by atoms with Crippen LogP contribution in [0, 0.1) is 6.92 Å². The molecule has 0 saturated heterocycles. The maximum absolute atomic E-state index is 4.13. The van der Waals surface area contributed by atoms with Gasteiger partial charge in [0, 0.05) is 7.05 Å². The molecule has 3 nitrogen and oxygen atoms in total. The van der Waals surface area contributed by atoms with Crippen molar-refractivity contribution >= 4 is 0 Å². The Morgan fingerprint density at radius 3 is 1.79 bits per heavy atom. The fraction of sp³-hybridized carbons (Fsp3) is 0.875. The van der Waals surface area contributed by atoms with E-state index < -0.39 is 0 Å². The van der Waals surface area contributed by atoms with Crippen molar-refractivity contribution in [2.75, 3.05) is 0 Å². The molecule has 1 heterocycles. The van der Waals surface area contributed by atoms with E-state index in [9.17, 15) is 0 Å². The van der Waals surface area contributed by atoms with Crippen LogP contribution in [-0.4, -0.2) is 15.0 Å². The molecular weight excluding hydrogens is 234 g/mol. The molecule has 1 rings (SSSR count). The molecule has 0 unspecified atom stereocenters. The number of hydrogen-bond donors (Lipinski definition) is 0. The zero-order valence-electron chi connectivity index (χ0n) is 14.9. The van der Waals surface area contributed by atoms with Crippen molar-refractivity contribution in [3.8, 4) is 0 Å². The molecule has 0 atom stereocenters. The first-order valence-corrected chi connectivity index (χ1v) is 8.11. The third kappa shape index (κ3) is 11.9. The van der Waals surface area contributed by atoms with Gasteiger partial charge in [-0.25, -0.2) is 0 Å². The lowest BCUT2D eigenvalue weighted by molar-refractivity contribution is 0.658. The molecule has 0 aromatic carbocycles. The fourth-order valence-electron chi connectivity index (χ4n) is 1.40. The lowest BCUT2D eigenvalue weighted by Crippen LogP contribution is -1.94. The Morgan fingerprint density at radius 2 is 1.42 bits per heavy atom. The average Bonchev–Trinajstić information content (AvgIpc) is 2.82. The zero-order valence-corrected chi connectivity index (χ0v) is 14.9. The van der Waals surface area contributed by atoms with E-state index in [-0.39, 0.29) is 0 Å². The Morgan fingerprint density at radius 1 is 0.895 bits per heavy atom. The first-order chi connectivity index (χ1) is 9.25. The van der Waals surface area contributed by atoms with E-state index >= 15 is 0 Å². The highest BCUT2D eigenvalue weighted by atomic mass is 15.4. The van der Waals surface area contributed by atoms with Crippen LogP contribution in [-0.2, 0) is 13.5 Å². The predicted octanol–water partition coefficient (Wildman–Crippen LogP) is 5.32. The number of aromatic nitrogens is 3. The third-order valence-electron chi connectivity index (χ3n) is 2.47. The van der Waals surface area contributed by atoms with Crippen LogP contribution in [0.15, 0.2) is 0 Å². The van der Waals surface area contributed by atoms with E-state index in [1.54, 1.807) is 0 Å². The van der Waals surface area contributed by atoms with Crippen molar-refractivity contribution < 1.29 is 0 Å². The van der Waals surface area contributed by atoms with E-state index in [1.165, 1.54) is 37.1 Å². The monoisotopic (exact) mass is 271 g/mol. The molecule has 0 spiro atoms. The fourth-order valence-corrected chi connectivity index (χ4v) is 1.40. The Hall–Kier alpha value is -0.860. The molecule has 0 fully saturated rings. The van der Waals surface area contributed by atoms with Crippen LogP contribution in [0.5, 0.6) is 0 Å². The molecule has 3 heteroatoms. The van der Waals surface area contributed by atoms with E-state index in [2.05, 4.69) is 24.2 Å². The molecule has 0 saturated carbocycles. The molecule has 0 bridgehead atoms. The molecule has 19 heavy (non-hydrogen) atoms. The molecule has 116 valence electrons. The molecule has 0 amide bonds. The topological polar surface area (TPSA) is 30.7 Å². The minimum Gasteiger partial charge on any atom is -0.252 e. The maximum Gasteiger partial charge on any atom is 0.0856 e. The summed E-state index contributed by atoms with van der Waals surface area (Å²) in [6.45, 7) is 16.3. The highest BCUT2D eigenvalue weighted by Crippen LogP contribution is 2.08. The van der Waals surface area contributed by atoms with E-state index in [1.807, 2.05) is 53.3 Å². The van der Waals surface area contributed by atoms with Gasteiger partial charge in [0.2, 0.25) is 0 Å². The molecule has 0 N–H and O–H groups in total. The Bertz CT molecular complexity index is 254. The number of unbranched alkanes of at least 4 members (excludes halogenated alkanes) is 3. The van der Waals surface area contributed by atoms with Gasteiger partial charge in [0.05, 0.1) is 11.4 Å². The summed E-state index contributed by atoms with van der Waals surface area (Å²) in [7, 11) is 1.94. The Kier molecular flexibility index (Phi) is 23.8. The van der Waals surface area contributed by atoms with E-state index in [0.717, 1.165) is 6.42 Å². The lowest BCUT2D eigenvalue weighted by Gasteiger charge is -1.98. The van der Waals surface area contributed by atoms with Crippen LogP contribution in [0.25, 0.3) is 0 Å². The predicted molar refractivity (Wildman–Crippen MR) is 87.6 cm³/mol. The van der Waals surface area contributed by atoms with Gasteiger partial charge in [-0.3, -0.25) is 4.68 Å². The number of hydrogen-bond acceptors (Lipinski definition) is 2. The SMILES string of the molecule is CC.CC.CC.CCCCCCc1nnn(C)c1C. The van der Waals surface area contributed by atoms with Crippen LogP contribution >= 0.6 is 0 Å². The maximum atomic E-state index is 4.13. The standard InChI is InChI=1S/C10H19N3.3C2H6/c1-4-5-6-7-8-10-9(2)13(3)12-11-10;3*1-2/h4-8H2,1-3H3;3*1-2H3. The molecule has 1 aromatic heterocycles. The van der Waals surface area contributed by atoms with Gasteiger partial charge < -0.3 is 0 Å². The van der Waals surface area contributed by atoms with E-state index in [0.29, 0.717) is 0 Å². The van der Waals surface area contributed by atoms with Crippen LogP contribution in [0.1, 0.15) is 85.5 Å². The van der Waals surface area contributed by atoms with Gasteiger partial charge >= 0.3 is 0 Å². The van der Waals surface area contributed by atoms with Crippen molar-refractivity contribution in [1.29, 1.82) is 0 Å². The van der Waals surface area contributed by atoms with Gasteiger partial charge in [0.1, 0.15) is 0 Å². The van der Waals surface area contributed by atoms with Crippen LogP contribution < -0.4 is 0 Å². The number of aryl methyl sites for hydroxylation is 2. The van der Waals surface area contributed by atoms with Gasteiger partial charge in [-0.15, -0.1) is 5.10 Å². The van der Waals surface area contributed by atoms with Crippen LogP contribution in [0.4, 0.5) is 0 Å². The highest BCUT2D eigenvalue weighted by Gasteiger charge is 2.04. The smallest absolute Gasteiger partial charge is 0.0856 e. The van der Waals surface area contributed by atoms with Crippen molar-refractivity contribution in [1.82, 2.24) is 15.0 Å². The quantitative estimate of drug-likeness (QED) is 0.678. The molecule has 0 aliphatic carbocycles. The lowest BCUT2D eigenvalue weighted by atomic mass is 10.1. The number of rotatable bonds is 5. The highest BCUT2D eigenvalue weighted by molar-refractivity contribution is 5.07. The molecule has 1 aromatic rings. The second-order valence-corrected chi connectivity index (χ2v) is 3.56. The van der Waals surface area contributed by atoms with Crippen LogP contribution in [0.2, 0.25) is 0 Å². The summed E-state index contributed by atoms with van der Waals surface area (Å²) >= 11 is 0. The summed E-state index contributed by atoms with van der Waals surface area (Å²) < 4.78 is 1.84. The summed E-state index contributed by atoms with van der Waals surface area (Å²) in [4.78, 5) is 0. The molecule has 0 aliphatic rings. The van der Waals surface area contributed by atoms with Gasteiger partial charge in [-0.05, 0) is 19.8 Å². The zero-order chi connectivity index (χ0) is 15.7. The Labute approximate surface area is 121 Å². The van der Waals surface area contributed by atoms with Crippen molar-refractivity contribution in [3.05, 3.63) is 11.4 Å². The minimum absolute atomic E-state index is 1.08. The van der Waals surface area contributed by atoms with E-state index in [4.69, 9.17) is 0 Å². The first kappa shape index (κ1) is 23.2. The second kappa shape index (κ2) is 19.5. The average molecular weight is 271 g/mol. The summed E-state index contributed by atoms with van der Waals surface area (Å²) in [6, 6.07) is 0. The normalized spacial score (nSPS) is 8.26. The van der Waals surface area contributed by atoms with Crippen molar-refractivity contribution in [3.63, 3.8) is 0 Å². The van der Waals surface area contributed by atoms with Crippen LogP contribution in [0.3, 0.4) is 0 Å². The second-order valence-electron chi connectivity index (χ2n) is 3.56. The minimum atomic E-state index is 1.08. The third-order valence-corrected chi connectivity index (χ3v) is 2.47. The van der Waals surface area contributed by atoms with Gasteiger partial charge in [-0.2, -0.15) is 0 Å². The molecule has 0 radical (unpaired) electrons. The summed E-state index contributed by atoms with van der Waals surface area (Å²) in [5.74, 6) is 0. The first-order valence-electron chi connectivity index (χ1n) is 8.11. The van der Waals surface area contributed by atoms with Crippen molar-refractivity contribution in [2.24, 2.45) is 7.05 Å². The largest absolute Gasteiger partial charge is 0.252 e. The van der Waals surface area contributed by atoms with Gasteiger partial charge in [0.15, 0.2) is 0 Å². The summed E-state index contributed by atoms with van der Waals surface area (Å²) in [5, 5.41) is 8.11.